The normalized spacial score (nSPS) is 15.7. The van der Waals surface area contributed by atoms with Crippen LogP contribution in [0.2, 0.25) is 0 Å². The van der Waals surface area contributed by atoms with Gasteiger partial charge in [0.2, 0.25) is 5.78 Å². The molecule has 108 valence electrons. The average Bonchev–Trinajstić information content (AvgIpc) is 2.34. The maximum atomic E-state index is 11.1. The fourth-order valence-corrected chi connectivity index (χ4v) is 0.885. The summed E-state index contributed by atoms with van der Waals surface area (Å²) in [5.74, 6) is -4.30. The molecule has 0 saturated heterocycles. The number of rotatable bonds is 6. The topological polar surface area (TPSA) is 162 Å². The number of Topliss-reactive ketones (excluding diaryl/α,β-unsaturated/α-hetero) is 1. The quantitative estimate of drug-likeness (QED) is 0.140. The molecule has 0 bridgehead atoms. The zero-order chi connectivity index (χ0) is 14.5. The van der Waals surface area contributed by atoms with Crippen molar-refractivity contribution in [2.45, 2.75) is 31.3 Å². The van der Waals surface area contributed by atoms with Crippen LogP contribution in [0.15, 0.2) is 0 Å². The molecule has 11 heteroatoms. The Morgan fingerprint density at radius 2 is 1.45 bits per heavy atom. The molecule has 0 radical (unpaired) electrons. The Morgan fingerprint density at radius 3 is 1.80 bits per heavy atom. The van der Waals surface area contributed by atoms with Crippen molar-refractivity contribution in [3.05, 3.63) is 0 Å². The molecule has 0 heterocycles. The van der Waals surface area contributed by atoms with E-state index in [-0.39, 0.29) is 59.1 Å². The molecule has 0 saturated carbocycles. The van der Waals surface area contributed by atoms with Gasteiger partial charge in [-0.25, -0.2) is 9.59 Å². The van der Waals surface area contributed by atoms with E-state index in [0.717, 1.165) is 6.92 Å². The number of carbonyl (C=O) groups is 3. The second-order valence-corrected chi connectivity index (χ2v) is 3.44. The second-order valence-electron chi connectivity index (χ2n) is 3.44. The van der Waals surface area contributed by atoms with Gasteiger partial charge in [-0.15, -0.1) is 0 Å². The van der Waals surface area contributed by atoms with Crippen LogP contribution < -0.4 is 0 Å². The molecule has 0 amide bonds. The van der Waals surface area contributed by atoms with E-state index in [9.17, 15) is 24.6 Å². The summed E-state index contributed by atoms with van der Waals surface area (Å²) in [6.07, 6.45) is -8.39. The molecule has 20 heavy (non-hydrogen) atoms. The van der Waals surface area contributed by atoms with E-state index < -0.39 is 48.7 Å². The van der Waals surface area contributed by atoms with Crippen LogP contribution in [0.3, 0.4) is 0 Å². The molecule has 4 atom stereocenters. The molecule has 0 rings (SSSR count). The van der Waals surface area contributed by atoms with Crippen molar-refractivity contribution >= 4 is 76.8 Å². The third-order valence-electron chi connectivity index (χ3n) is 1.98. The summed E-state index contributed by atoms with van der Waals surface area (Å²) in [6, 6.07) is 0. The van der Waals surface area contributed by atoms with E-state index in [1.807, 2.05) is 0 Å². The summed E-state index contributed by atoms with van der Waals surface area (Å²) in [7, 11) is 0. The van der Waals surface area contributed by atoms with E-state index >= 15 is 0 Å². The third-order valence-corrected chi connectivity index (χ3v) is 1.98. The van der Waals surface area contributed by atoms with E-state index in [0.29, 0.717) is 0 Å². The molecular weight excluding hydrogens is 298 g/mol. The van der Waals surface area contributed by atoms with Gasteiger partial charge in [-0.1, -0.05) is 0 Å². The summed E-state index contributed by atoms with van der Waals surface area (Å²) in [6.45, 7) is -0.102. The number of ether oxygens (including phenoxy) is 1. The van der Waals surface area contributed by atoms with Crippen molar-refractivity contribution in [3.8, 4) is 0 Å². The van der Waals surface area contributed by atoms with Gasteiger partial charge in [0.1, 0.15) is 18.3 Å². The van der Waals surface area contributed by atoms with E-state index in [1.54, 1.807) is 0 Å². The van der Waals surface area contributed by atoms with Crippen molar-refractivity contribution in [1.29, 1.82) is 0 Å². The van der Waals surface area contributed by atoms with Crippen LogP contribution >= 0.6 is 0 Å². The summed E-state index contributed by atoms with van der Waals surface area (Å²) in [5, 5.41) is 45.0. The third kappa shape index (κ3) is 8.15. The van der Waals surface area contributed by atoms with Crippen molar-refractivity contribution in [3.63, 3.8) is 0 Å². The van der Waals surface area contributed by atoms with Crippen molar-refractivity contribution < 1.29 is 44.7 Å². The molecular formula is C9H16Na2O9. The van der Waals surface area contributed by atoms with Crippen LogP contribution in [0.1, 0.15) is 6.92 Å². The molecule has 0 spiro atoms. The maximum absolute atomic E-state index is 11.1. The molecule has 0 fully saturated rings. The zero-order valence-electron chi connectivity index (χ0n) is 9.39. The number of hydrogen-bond acceptors (Lipinski definition) is 9. The summed E-state index contributed by atoms with van der Waals surface area (Å²) in [5.41, 5.74) is 0. The second kappa shape index (κ2) is 12.2. The van der Waals surface area contributed by atoms with Gasteiger partial charge in [0, 0.05) is 6.92 Å². The first kappa shape index (κ1) is 25.6. The summed E-state index contributed by atoms with van der Waals surface area (Å²) in [4.78, 5) is 32.2. The van der Waals surface area contributed by atoms with Crippen molar-refractivity contribution in [2.75, 3.05) is 6.61 Å². The van der Waals surface area contributed by atoms with Crippen LogP contribution in [0.25, 0.3) is 0 Å². The molecule has 0 aromatic rings. The molecule has 0 aliphatic carbocycles. The summed E-state index contributed by atoms with van der Waals surface area (Å²) < 4.78 is 3.87. The van der Waals surface area contributed by atoms with Crippen LogP contribution in [-0.2, 0) is 19.1 Å². The molecule has 0 aromatic carbocycles. The van der Waals surface area contributed by atoms with Gasteiger partial charge in [-0.2, -0.15) is 0 Å². The molecule has 5 N–H and O–H groups in total. The molecule has 9 nitrogen and oxygen atoms in total. The van der Waals surface area contributed by atoms with E-state index in [1.165, 1.54) is 0 Å². The summed E-state index contributed by atoms with van der Waals surface area (Å²) >= 11 is 0. The van der Waals surface area contributed by atoms with Crippen LogP contribution in [0.5, 0.6) is 0 Å². The molecule has 0 aromatic heterocycles. The van der Waals surface area contributed by atoms with Gasteiger partial charge >= 0.3 is 71.1 Å². The first-order valence-corrected chi connectivity index (χ1v) is 4.82. The van der Waals surface area contributed by atoms with E-state index in [2.05, 4.69) is 4.74 Å². The van der Waals surface area contributed by atoms with Crippen molar-refractivity contribution in [1.82, 2.24) is 0 Å². The first-order valence-electron chi connectivity index (χ1n) is 4.82. The number of aliphatic hydroxyl groups is 5. The monoisotopic (exact) mass is 314 g/mol. The van der Waals surface area contributed by atoms with Gasteiger partial charge < -0.3 is 30.3 Å². The SMILES string of the molecule is CC(=O)C(=O)OC(=O)[C@H](O)[C@@H](O)[C@H](O)[C@H](O)CO.[NaH].[NaH]. The van der Waals surface area contributed by atoms with Crippen LogP contribution in [0.4, 0.5) is 0 Å². The molecule has 0 unspecified atom stereocenters. The Morgan fingerprint density at radius 1 is 1.00 bits per heavy atom. The fraction of sp³-hybridized carbons (Fsp3) is 0.667. The number of esters is 2. The van der Waals surface area contributed by atoms with Gasteiger partial charge in [0.25, 0.3) is 0 Å². The van der Waals surface area contributed by atoms with Crippen LogP contribution in [-0.4, -0.2) is 133 Å². The fourth-order valence-electron chi connectivity index (χ4n) is 0.885. The van der Waals surface area contributed by atoms with E-state index in [4.69, 9.17) is 15.3 Å². The Balaban J connectivity index is -0.00000144. The Bertz CT molecular complexity index is 335. The van der Waals surface area contributed by atoms with Gasteiger partial charge in [0.05, 0.1) is 6.61 Å². The number of aliphatic hydroxyl groups excluding tert-OH is 5. The standard InChI is InChI=1S/C9H14O9.2Na.2H/c1-3(11)8(16)18-9(17)7(15)6(14)5(13)4(12)2-10;;;;/h4-7,10,12-15H,2H2,1H3;;;;/t4-,5-,6+,7-;;;;/m1..../s1. The average molecular weight is 314 g/mol. The minimum absolute atomic E-state index is 0. The van der Waals surface area contributed by atoms with Crippen molar-refractivity contribution in [2.24, 2.45) is 0 Å². The minimum atomic E-state index is -2.36. The Kier molecular flexibility index (Phi) is 15.6. The first-order chi connectivity index (χ1) is 8.22. The number of hydrogen-bond donors (Lipinski definition) is 5. The predicted molar refractivity (Wildman–Crippen MR) is 67.2 cm³/mol. The predicted octanol–water partition coefficient (Wildman–Crippen LogP) is -5.22. The zero-order valence-corrected chi connectivity index (χ0v) is 9.39. The molecule has 0 aliphatic heterocycles. The van der Waals surface area contributed by atoms with Gasteiger partial charge in [-0.05, 0) is 0 Å². The Hall–Kier alpha value is 0.610. The van der Waals surface area contributed by atoms with Gasteiger partial charge in [0.15, 0.2) is 6.10 Å². The number of ketones is 1. The van der Waals surface area contributed by atoms with Gasteiger partial charge in [-0.3, -0.25) is 4.79 Å². The molecule has 0 aliphatic rings. The van der Waals surface area contributed by atoms with Crippen LogP contribution in [0, 0.1) is 0 Å². The number of carbonyl (C=O) groups excluding carboxylic acids is 3. The Labute approximate surface area is 158 Å².